The highest BCUT2D eigenvalue weighted by atomic mass is 16.2. The Morgan fingerprint density at radius 3 is 2.64 bits per heavy atom. The number of carbonyl (C=O) groups excluding carboxylic acids is 2. The van der Waals surface area contributed by atoms with E-state index in [0.29, 0.717) is 18.8 Å². The second kappa shape index (κ2) is 6.83. The van der Waals surface area contributed by atoms with Crippen LogP contribution in [0.4, 0.5) is 4.79 Å². The second-order valence-corrected chi connectivity index (χ2v) is 6.07. The van der Waals surface area contributed by atoms with E-state index in [0.717, 1.165) is 6.54 Å². The number of likely N-dealkylation sites (tertiary alicyclic amines) is 1. The number of carbonyl (C=O) groups is 2. The largest absolute Gasteiger partial charge is 0.347 e. The summed E-state index contributed by atoms with van der Waals surface area (Å²) < 4.78 is 1.79. The number of aromatic nitrogens is 1. The van der Waals surface area contributed by atoms with Gasteiger partial charge in [0.25, 0.3) is 5.91 Å². The molecule has 0 radical (unpaired) electrons. The Bertz CT molecular complexity index is 540. The van der Waals surface area contributed by atoms with Gasteiger partial charge in [-0.15, -0.1) is 0 Å². The lowest BCUT2D eigenvalue weighted by atomic mass is 10.0. The van der Waals surface area contributed by atoms with Crippen molar-refractivity contribution >= 4 is 11.9 Å². The van der Waals surface area contributed by atoms with E-state index in [1.807, 2.05) is 33.4 Å². The molecule has 2 N–H and O–H groups in total. The van der Waals surface area contributed by atoms with Crippen LogP contribution in [0.15, 0.2) is 18.3 Å². The van der Waals surface area contributed by atoms with Gasteiger partial charge in [-0.1, -0.05) is 0 Å². The fraction of sp³-hybridized carbons (Fsp3) is 0.600. The molecule has 0 spiro atoms. The Kier molecular flexibility index (Phi) is 5.07. The molecule has 0 aromatic carbocycles. The first-order valence-electron chi connectivity index (χ1n) is 7.46. The Morgan fingerprint density at radius 2 is 2.09 bits per heavy atom. The number of hydrogen-bond donors (Lipinski definition) is 2. The van der Waals surface area contributed by atoms with E-state index in [1.165, 1.54) is 0 Å². The maximum atomic E-state index is 12.4. The highest BCUT2D eigenvalue weighted by Gasteiger charge is 2.36. The summed E-state index contributed by atoms with van der Waals surface area (Å²) in [4.78, 5) is 28.1. The number of nitrogens with zero attached hydrogens (tertiary/aromatic N) is 3. The van der Waals surface area contributed by atoms with Crippen molar-refractivity contribution in [1.29, 1.82) is 0 Å². The van der Waals surface area contributed by atoms with Crippen LogP contribution < -0.4 is 10.6 Å². The molecule has 1 fully saturated rings. The lowest BCUT2D eigenvalue weighted by Gasteiger charge is -2.22. The van der Waals surface area contributed by atoms with Crippen molar-refractivity contribution in [2.45, 2.75) is 6.04 Å². The fourth-order valence-electron chi connectivity index (χ4n) is 2.95. The Labute approximate surface area is 131 Å². The molecule has 2 rings (SSSR count). The zero-order valence-corrected chi connectivity index (χ0v) is 13.7. The first-order valence-corrected chi connectivity index (χ1v) is 7.46. The van der Waals surface area contributed by atoms with Crippen molar-refractivity contribution in [3.8, 4) is 0 Å². The van der Waals surface area contributed by atoms with Gasteiger partial charge in [-0.3, -0.25) is 4.79 Å². The fourth-order valence-corrected chi connectivity index (χ4v) is 2.95. The Hall–Kier alpha value is -2.02. The van der Waals surface area contributed by atoms with E-state index in [9.17, 15) is 9.59 Å². The number of aryl methyl sites for hydroxylation is 1. The van der Waals surface area contributed by atoms with E-state index >= 15 is 0 Å². The standard InChI is InChI=1S/C15H25N5O2/c1-16-15(22)20-9-11(8-18(2)3)12(10-20)17-14(21)13-6-5-7-19(13)4/h5-7,11-12H,8-10H2,1-4H3,(H,16,22)(H,17,21). The lowest BCUT2D eigenvalue weighted by molar-refractivity contribution is 0.0918. The Morgan fingerprint density at radius 1 is 1.36 bits per heavy atom. The summed E-state index contributed by atoms with van der Waals surface area (Å²) in [6.45, 7) is 2.01. The third-order valence-corrected chi connectivity index (χ3v) is 4.03. The van der Waals surface area contributed by atoms with Crippen LogP contribution in [0.3, 0.4) is 0 Å². The number of urea groups is 1. The monoisotopic (exact) mass is 307 g/mol. The predicted octanol–water partition coefficient (Wildman–Crippen LogP) is -0.0437. The SMILES string of the molecule is CNC(=O)N1CC(CN(C)C)C(NC(=O)c2cccn2C)C1. The summed E-state index contributed by atoms with van der Waals surface area (Å²) in [5.74, 6) is 0.122. The van der Waals surface area contributed by atoms with E-state index in [-0.39, 0.29) is 23.9 Å². The Balaban J connectivity index is 2.07. The lowest BCUT2D eigenvalue weighted by Crippen LogP contribution is -2.44. The molecule has 3 amide bonds. The van der Waals surface area contributed by atoms with E-state index < -0.39 is 0 Å². The topological polar surface area (TPSA) is 69.6 Å². The minimum absolute atomic E-state index is 0.0397. The van der Waals surface area contributed by atoms with Crippen LogP contribution in [0.2, 0.25) is 0 Å². The molecule has 7 heteroatoms. The van der Waals surface area contributed by atoms with Crippen LogP contribution >= 0.6 is 0 Å². The van der Waals surface area contributed by atoms with E-state index in [4.69, 9.17) is 0 Å². The van der Waals surface area contributed by atoms with Crippen molar-refractivity contribution in [1.82, 2.24) is 25.0 Å². The van der Waals surface area contributed by atoms with Gasteiger partial charge >= 0.3 is 6.03 Å². The molecule has 2 unspecified atom stereocenters. The summed E-state index contributed by atoms with van der Waals surface area (Å²) in [6, 6.07) is 3.50. The van der Waals surface area contributed by atoms with Crippen LogP contribution in [0, 0.1) is 5.92 Å². The van der Waals surface area contributed by atoms with Crippen molar-refractivity contribution in [3.05, 3.63) is 24.0 Å². The normalized spacial score (nSPS) is 21.2. The molecule has 22 heavy (non-hydrogen) atoms. The summed E-state index contributed by atoms with van der Waals surface area (Å²) in [5, 5.41) is 5.73. The molecule has 1 aromatic rings. The molecule has 2 atom stereocenters. The average molecular weight is 307 g/mol. The molecule has 0 saturated carbocycles. The summed E-state index contributed by atoms with van der Waals surface area (Å²) in [6.07, 6.45) is 1.84. The summed E-state index contributed by atoms with van der Waals surface area (Å²) in [5.41, 5.74) is 0.627. The van der Waals surface area contributed by atoms with Gasteiger partial charge in [-0.05, 0) is 26.2 Å². The zero-order valence-electron chi connectivity index (χ0n) is 13.7. The number of amides is 3. The first kappa shape index (κ1) is 16.4. The van der Waals surface area contributed by atoms with Crippen LogP contribution in [-0.2, 0) is 7.05 Å². The zero-order chi connectivity index (χ0) is 16.3. The number of hydrogen-bond acceptors (Lipinski definition) is 3. The number of rotatable bonds is 4. The van der Waals surface area contributed by atoms with Gasteiger partial charge in [0, 0.05) is 45.8 Å². The van der Waals surface area contributed by atoms with E-state index in [1.54, 1.807) is 22.6 Å². The van der Waals surface area contributed by atoms with Gasteiger partial charge in [0.05, 0.1) is 6.04 Å². The molecule has 2 heterocycles. The molecule has 1 aromatic heterocycles. The molecule has 122 valence electrons. The van der Waals surface area contributed by atoms with Gasteiger partial charge in [-0.25, -0.2) is 4.79 Å². The molecular formula is C15H25N5O2. The number of nitrogens with one attached hydrogen (secondary N) is 2. The van der Waals surface area contributed by atoms with Gasteiger partial charge in [0.15, 0.2) is 0 Å². The smallest absolute Gasteiger partial charge is 0.317 e. The molecule has 1 aliphatic heterocycles. The van der Waals surface area contributed by atoms with Gasteiger partial charge in [0.1, 0.15) is 5.69 Å². The molecular weight excluding hydrogens is 282 g/mol. The third-order valence-electron chi connectivity index (χ3n) is 4.03. The summed E-state index contributed by atoms with van der Waals surface area (Å²) in [7, 11) is 7.47. The maximum absolute atomic E-state index is 12.4. The molecule has 0 bridgehead atoms. The van der Waals surface area contributed by atoms with Crippen LogP contribution in [0.1, 0.15) is 10.5 Å². The van der Waals surface area contributed by atoms with Crippen molar-refractivity contribution in [3.63, 3.8) is 0 Å². The predicted molar refractivity (Wildman–Crippen MR) is 84.7 cm³/mol. The minimum atomic E-state index is -0.0978. The van der Waals surface area contributed by atoms with Crippen molar-refractivity contribution < 1.29 is 9.59 Å². The van der Waals surface area contributed by atoms with Gasteiger partial charge in [-0.2, -0.15) is 0 Å². The minimum Gasteiger partial charge on any atom is -0.347 e. The molecule has 1 saturated heterocycles. The summed E-state index contributed by atoms with van der Waals surface area (Å²) >= 11 is 0. The van der Waals surface area contributed by atoms with Gasteiger partial charge < -0.3 is 25.0 Å². The third kappa shape index (κ3) is 3.59. The average Bonchev–Trinajstić information content (AvgIpc) is 3.04. The highest BCUT2D eigenvalue weighted by Crippen LogP contribution is 2.18. The van der Waals surface area contributed by atoms with Crippen molar-refractivity contribution in [2.75, 3.05) is 40.8 Å². The van der Waals surface area contributed by atoms with E-state index in [2.05, 4.69) is 15.5 Å². The quantitative estimate of drug-likeness (QED) is 0.820. The molecule has 0 aliphatic carbocycles. The highest BCUT2D eigenvalue weighted by molar-refractivity contribution is 5.93. The van der Waals surface area contributed by atoms with Crippen LogP contribution in [0.5, 0.6) is 0 Å². The molecule has 1 aliphatic rings. The van der Waals surface area contributed by atoms with Gasteiger partial charge in [0.2, 0.25) is 0 Å². The van der Waals surface area contributed by atoms with Crippen LogP contribution in [-0.4, -0.2) is 73.1 Å². The van der Waals surface area contributed by atoms with Crippen LogP contribution in [0.25, 0.3) is 0 Å². The molecule has 7 nitrogen and oxygen atoms in total. The second-order valence-electron chi connectivity index (χ2n) is 6.07. The maximum Gasteiger partial charge on any atom is 0.317 e. The van der Waals surface area contributed by atoms with Crippen molar-refractivity contribution in [2.24, 2.45) is 13.0 Å². The first-order chi connectivity index (χ1) is 10.4.